The maximum atomic E-state index is 12.1. The van der Waals surface area contributed by atoms with E-state index in [0.29, 0.717) is 26.1 Å². The molecule has 0 aliphatic carbocycles. The summed E-state index contributed by atoms with van der Waals surface area (Å²) in [5, 5.41) is 12.3. The highest BCUT2D eigenvalue weighted by atomic mass is 16.5. The number of hydrogen-bond acceptors (Lipinski definition) is 4. The predicted molar refractivity (Wildman–Crippen MR) is 99.7 cm³/mol. The minimum Gasteiger partial charge on any atom is -0.478 e. The number of aromatic carboxylic acids is 1. The average molecular weight is 354 g/mol. The third-order valence-electron chi connectivity index (χ3n) is 4.50. The maximum Gasteiger partial charge on any atom is 0.335 e. The molecule has 6 nitrogen and oxygen atoms in total. The fraction of sp³-hybridized carbons (Fsp3) is 0.300. The summed E-state index contributed by atoms with van der Waals surface area (Å²) in [5.74, 6) is -0.791. The number of carbonyl (C=O) groups excluding carboxylic acids is 1. The third kappa shape index (κ3) is 4.03. The van der Waals surface area contributed by atoms with Crippen molar-refractivity contribution in [2.75, 3.05) is 30.5 Å². The molecule has 2 aromatic rings. The lowest BCUT2D eigenvalue weighted by molar-refractivity contribution is -0.119. The van der Waals surface area contributed by atoms with Crippen molar-refractivity contribution in [3.05, 3.63) is 59.2 Å². The molecular formula is C20H22N2O4. The van der Waals surface area contributed by atoms with Crippen LogP contribution in [0.5, 0.6) is 0 Å². The van der Waals surface area contributed by atoms with Crippen LogP contribution < -0.4 is 10.2 Å². The molecule has 0 aromatic heterocycles. The zero-order valence-electron chi connectivity index (χ0n) is 14.7. The Hall–Kier alpha value is -2.86. The first-order valence-electron chi connectivity index (χ1n) is 8.57. The minimum absolute atomic E-state index is 0.133. The van der Waals surface area contributed by atoms with E-state index in [1.165, 1.54) is 0 Å². The summed E-state index contributed by atoms with van der Waals surface area (Å²) in [6, 6.07) is 12.8. The van der Waals surface area contributed by atoms with Gasteiger partial charge in [-0.1, -0.05) is 12.1 Å². The van der Waals surface area contributed by atoms with Crippen molar-refractivity contribution in [1.29, 1.82) is 0 Å². The van der Waals surface area contributed by atoms with E-state index in [1.54, 1.807) is 36.3 Å². The summed E-state index contributed by atoms with van der Waals surface area (Å²) in [4.78, 5) is 24.8. The molecule has 1 aliphatic rings. The Morgan fingerprint density at radius 3 is 2.65 bits per heavy atom. The number of benzene rings is 2. The Bertz CT molecular complexity index is 802. The second kappa shape index (κ2) is 8.01. The molecule has 26 heavy (non-hydrogen) atoms. The number of amides is 1. The second-order valence-electron chi connectivity index (χ2n) is 6.24. The molecule has 1 amide bonds. The van der Waals surface area contributed by atoms with Gasteiger partial charge in [-0.2, -0.15) is 0 Å². The molecule has 1 aliphatic heterocycles. The van der Waals surface area contributed by atoms with Crippen molar-refractivity contribution in [3.8, 4) is 0 Å². The van der Waals surface area contributed by atoms with Crippen molar-refractivity contribution in [1.82, 2.24) is 0 Å². The fourth-order valence-electron chi connectivity index (χ4n) is 3.07. The van der Waals surface area contributed by atoms with Gasteiger partial charge in [0, 0.05) is 38.0 Å². The van der Waals surface area contributed by atoms with E-state index in [9.17, 15) is 9.59 Å². The molecule has 0 bridgehead atoms. The van der Waals surface area contributed by atoms with Gasteiger partial charge in [-0.3, -0.25) is 4.79 Å². The van der Waals surface area contributed by atoms with Crippen LogP contribution in [-0.4, -0.2) is 37.2 Å². The van der Waals surface area contributed by atoms with E-state index in [1.807, 2.05) is 12.1 Å². The monoisotopic (exact) mass is 354 g/mol. The Morgan fingerprint density at radius 2 is 1.96 bits per heavy atom. The summed E-state index contributed by atoms with van der Waals surface area (Å²) in [6.45, 7) is 1.67. The van der Waals surface area contributed by atoms with E-state index < -0.39 is 5.97 Å². The number of ether oxygens (including phenoxy) is 1. The van der Waals surface area contributed by atoms with Crippen molar-refractivity contribution >= 4 is 23.3 Å². The molecule has 0 atom stereocenters. The number of fused-ring (bicyclic) bond motifs is 1. The first-order valence-corrected chi connectivity index (χ1v) is 8.57. The largest absolute Gasteiger partial charge is 0.478 e. The van der Waals surface area contributed by atoms with E-state index in [4.69, 9.17) is 9.84 Å². The molecular weight excluding hydrogens is 332 g/mol. The van der Waals surface area contributed by atoms with Crippen molar-refractivity contribution in [2.24, 2.45) is 0 Å². The van der Waals surface area contributed by atoms with Crippen LogP contribution in [0.1, 0.15) is 27.9 Å². The third-order valence-corrected chi connectivity index (χ3v) is 4.50. The molecule has 0 fully saturated rings. The highest BCUT2D eigenvalue weighted by Crippen LogP contribution is 2.30. The lowest BCUT2D eigenvalue weighted by atomic mass is 10.0. The van der Waals surface area contributed by atoms with Crippen LogP contribution in [0.15, 0.2) is 42.5 Å². The van der Waals surface area contributed by atoms with Gasteiger partial charge in [0.25, 0.3) is 0 Å². The molecule has 1 heterocycles. The zero-order valence-corrected chi connectivity index (χ0v) is 14.7. The first kappa shape index (κ1) is 17.9. The van der Waals surface area contributed by atoms with Gasteiger partial charge in [0.2, 0.25) is 5.91 Å². The molecule has 0 spiro atoms. The van der Waals surface area contributed by atoms with Gasteiger partial charge in [0.15, 0.2) is 0 Å². The first-order chi connectivity index (χ1) is 12.6. The van der Waals surface area contributed by atoms with Crippen molar-refractivity contribution < 1.29 is 19.4 Å². The number of anilines is 2. The molecule has 0 unspecified atom stereocenters. The van der Waals surface area contributed by atoms with Crippen molar-refractivity contribution in [2.45, 2.75) is 19.4 Å². The number of carbonyl (C=O) groups is 2. The number of aryl methyl sites for hydroxylation is 1. The molecule has 136 valence electrons. The predicted octanol–water partition coefficient (Wildman–Crippen LogP) is 2.92. The van der Waals surface area contributed by atoms with Gasteiger partial charge in [-0.25, -0.2) is 4.79 Å². The highest BCUT2D eigenvalue weighted by molar-refractivity contribution is 5.96. The van der Waals surface area contributed by atoms with E-state index in [0.717, 1.165) is 28.9 Å². The average Bonchev–Trinajstić information content (AvgIpc) is 2.66. The SMILES string of the molecule is COCCN1C(=O)CCc2cc(NCc3ccc(C(=O)O)cc3)ccc21. The normalized spacial score (nSPS) is 13.4. The second-order valence-corrected chi connectivity index (χ2v) is 6.24. The van der Waals surface area contributed by atoms with Crippen LogP contribution in [0.25, 0.3) is 0 Å². The lowest BCUT2D eigenvalue weighted by Gasteiger charge is -2.29. The van der Waals surface area contributed by atoms with Gasteiger partial charge in [-0.05, 0) is 47.9 Å². The molecule has 2 N–H and O–H groups in total. The van der Waals surface area contributed by atoms with Crippen LogP contribution in [0, 0.1) is 0 Å². The Labute approximate surface area is 152 Å². The Balaban J connectivity index is 1.68. The highest BCUT2D eigenvalue weighted by Gasteiger charge is 2.23. The quantitative estimate of drug-likeness (QED) is 0.799. The Morgan fingerprint density at radius 1 is 1.19 bits per heavy atom. The molecule has 6 heteroatoms. The van der Waals surface area contributed by atoms with Gasteiger partial charge in [-0.15, -0.1) is 0 Å². The van der Waals surface area contributed by atoms with Gasteiger partial charge in [0.1, 0.15) is 0 Å². The van der Waals surface area contributed by atoms with Crippen molar-refractivity contribution in [3.63, 3.8) is 0 Å². The topological polar surface area (TPSA) is 78.9 Å². The number of hydrogen-bond donors (Lipinski definition) is 2. The summed E-state index contributed by atoms with van der Waals surface area (Å²) in [7, 11) is 1.63. The van der Waals surface area contributed by atoms with Gasteiger partial charge in [0.05, 0.1) is 12.2 Å². The van der Waals surface area contributed by atoms with E-state index in [2.05, 4.69) is 11.4 Å². The zero-order chi connectivity index (χ0) is 18.5. The molecule has 0 saturated carbocycles. The Kier molecular flexibility index (Phi) is 5.53. The van der Waals surface area contributed by atoms with Gasteiger partial charge < -0.3 is 20.1 Å². The number of methoxy groups -OCH3 is 1. The molecule has 2 aromatic carbocycles. The van der Waals surface area contributed by atoms with Crippen LogP contribution in [-0.2, 0) is 22.5 Å². The molecule has 3 rings (SSSR count). The summed E-state index contributed by atoms with van der Waals surface area (Å²) < 4.78 is 5.10. The van der Waals surface area contributed by atoms with Crippen LogP contribution in [0.4, 0.5) is 11.4 Å². The number of rotatable bonds is 7. The summed E-state index contributed by atoms with van der Waals surface area (Å²) >= 11 is 0. The van der Waals surface area contributed by atoms with Crippen LogP contribution >= 0.6 is 0 Å². The van der Waals surface area contributed by atoms with Crippen LogP contribution in [0.2, 0.25) is 0 Å². The number of nitrogens with one attached hydrogen (secondary N) is 1. The molecule has 0 radical (unpaired) electrons. The summed E-state index contributed by atoms with van der Waals surface area (Å²) in [6.07, 6.45) is 1.25. The van der Waals surface area contributed by atoms with E-state index in [-0.39, 0.29) is 11.5 Å². The number of nitrogens with zero attached hydrogens (tertiary/aromatic N) is 1. The smallest absolute Gasteiger partial charge is 0.335 e. The molecule has 0 saturated heterocycles. The van der Waals surface area contributed by atoms with E-state index >= 15 is 0 Å². The maximum absolute atomic E-state index is 12.1. The van der Waals surface area contributed by atoms with Gasteiger partial charge >= 0.3 is 5.97 Å². The standard InChI is InChI=1S/C20H22N2O4/c1-26-11-10-22-18-8-7-17(12-16(18)6-9-19(22)23)21-13-14-2-4-15(5-3-14)20(24)25/h2-5,7-8,12,21H,6,9-11,13H2,1H3,(H,24,25). The minimum atomic E-state index is -0.924. The number of carboxylic acid groups (broad SMARTS) is 1. The summed E-state index contributed by atoms with van der Waals surface area (Å²) in [5.41, 5.74) is 4.36. The van der Waals surface area contributed by atoms with Crippen LogP contribution in [0.3, 0.4) is 0 Å². The fourth-order valence-corrected chi connectivity index (χ4v) is 3.07. The number of carboxylic acids is 1. The lowest BCUT2D eigenvalue weighted by Crippen LogP contribution is -2.37.